The summed E-state index contributed by atoms with van der Waals surface area (Å²) in [7, 11) is -5.21. The Hall–Kier alpha value is -0.376. The summed E-state index contributed by atoms with van der Waals surface area (Å²) in [6.45, 7) is 17.2. The van der Waals surface area contributed by atoms with E-state index in [4.69, 9.17) is 26.6 Å². The van der Waals surface area contributed by atoms with Gasteiger partial charge in [-0.05, 0) is 60.9 Å². The molecule has 0 saturated heterocycles. The molecule has 0 aromatic heterocycles. The molecule has 0 saturated carbocycles. The highest BCUT2D eigenvalue weighted by Crippen LogP contribution is 2.18. The summed E-state index contributed by atoms with van der Waals surface area (Å²) < 4.78 is 35.1. The van der Waals surface area contributed by atoms with E-state index in [0.29, 0.717) is 65.2 Å². The number of rotatable bonds is 23. The maximum atomic E-state index is 12.1. The minimum atomic E-state index is -2.63. The van der Waals surface area contributed by atoms with Gasteiger partial charge in [-0.1, -0.05) is 0 Å². The topological polar surface area (TPSA) is 96.5 Å². The Morgan fingerprint density at radius 3 is 1.34 bits per heavy atom. The first-order valence-corrected chi connectivity index (χ1v) is 16.1. The van der Waals surface area contributed by atoms with Crippen LogP contribution >= 0.6 is 0 Å². The van der Waals surface area contributed by atoms with Crippen molar-refractivity contribution < 1.29 is 31.4 Å². The average molecular weight is 497 g/mol. The van der Waals surface area contributed by atoms with Gasteiger partial charge in [-0.2, -0.15) is 0 Å². The standard InChI is InChI=1S/C21H48N2O7Si2/c1-7-25-31(26-8-2,27-9-3)19-13-16-22-18-15-21(24)23-17-14-20-32(28-10-4,29-11-5)30-12-6/h22H,7-20H2,1-6H3,(H,23,24). The van der Waals surface area contributed by atoms with Crippen LogP contribution in [0.15, 0.2) is 0 Å². The molecule has 0 radical (unpaired) electrons. The van der Waals surface area contributed by atoms with Crippen LogP contribution in [0.2, 0.25) is 12.1 Å². The van der Waals surface area contributed by atoms with Gasteiger partial charge in [-0.25, -0.2) is 0 Å². The molecule has 11 heteroatoms. The SMILES string of the molecule is CCO[Si](CCCNCCC(=O)NCCC[Si](OCC)(OCC)OCC)(OCC)OCC. The van der Waals surface area contributed by atoms with Crippen molar-refractivity contribution in [2.45, 2.75) is 72.9 Å². The van der Waals surface area contributed by atoms with E-state index in [9.17, 15) is 4.79 Å². The van der Waals surface area contributed by atoms with Crippen LogP contribution in [0.25, 0.3) is 0 Å². The zero-order chi connectivity index (χ0) is 24.1. The Morgan fingerprint density at radius 1 is 0.594 bits per heavy atom. The number of nitrogens with one attached hydrogen (secondary N) is 2. The van der Waals surface area contributed by atoms with Gasteiger partial charge in [0.15, 0.2) is 0 Å². The van der Waals surface area contributed by atoms with E-state index >= 15 is 0 Å². The quantitative estimate of drug-likeness (QED) is 0.165. The largest absolute Gasteiger partial charge is 0.500 e. The van der Waals surface area contributed by atoms with Crippen LogP contribution in [-0.2, 0) is 31.4 Å². The zero-order valence-electron chi connectivity index (χ0n) is 21.3. The molecule has 0 aliphatic heterocycles. The third-order valence-corrected chi connectivity index (χ3v) is 10.8. The second kappa shape index (κ2) is 20.0. The van der Waals surface area contributed by atoms with Crippen molar-refractivity contribution in [2.24, 2.45) is 0 Å². The predicted octanol–water partition coefficient (Wildman–Crippen LogP) is 2.96. The van der Waals surface area contributed by atoms with Crippen LogP contribution in [0.5, 0.6) is 0 Å². The highest BCUT2D eigenvalue weighted by Gasteiger charge is 2.40. The molecule has 0 rings (SSSR count). The molecule has 32 heavy (non-hydrogen) atoms. The Balaban J connectivity index is 4.10. The molecule has 0 unspecified atom stereocenters. The molecule has 2 N–H and O–H groups in total. The van der Waals surface area contributed by atoms with Crippen molar-refractivity contribution in [1.82, 2.24) is 10.6 Å². The molecule has 0 fully saturated rings. The summed E-state index contributed by atoms with van der Waals surface area (Å²) in [5.74, 6) is 0.0377. The molecule has 9 nitrogen and oxygen atoms in total. The number of amides is 1. The third kappa shape index (κ3) is 14.0. The molecule has 192 valence electrons. The van der Waals surface area contributed by atoms with E-state index in [1.807, 2.05) is 41.5 Å². The average Bonchev–Trinajstić information content (AvgIpc) is 2.75. The van der Waals surface area contributed by atoms with E-state index in [-0.39, 0.29) is 5.91 Å². The first-order valence-electron chi connectivity index (χ1n) is 12.3. The molecule has 0 aliphatic rings. The van der Waals surface area contributed by atoms with E-state index in [1.54, 1.807) is 0 Å². The fourth-order valence-corrected chi connectivity index (χ4v) is 8.60. The minimum absolute atomic E-state index is 0.0377. The van der Waals surface area contributed by atoms with Gasteiger partial charge < -0.3 is 37.2 Å². The van der Waals surface area contributed by atoms with Crippen molar-refractivity contribution in [3.63, 3.8) is 0 Å². The van der Waals surface area contributed by atoms with Crippen molar-refractivity contribution in [2.75, 3.05) is 59.3 Å². The van der Waals surface area contributed by atoms with Crippen LogP contribution in [0.3, 0.4) is 0 Å². The number of carbonyl (C=O) groups excluding carboxylic acids is 1. The first kappa shape index (κ1) is 31.6. The van der Waals surface area contributed by atoms with Gasteiger partial charge >= 0.3 is 17.6 Å². The second-order valence-corrected chi connectivity index (χ2v) is 12.5. The van der Waals surface area contributed by atoms with Crippen molar-refractivity contribution >= 4 is 23.5 Å². The second-order valence-electron chi connectivity index (χ2n) is 7.02. The van der Waals surface area contributed by atoms with Crippen molar-refractivity contribution in [3.8, 4) is 0 Å². The van der Waals surface area contributed by atoms with Crippen LogP contribution in [0, 0.1) is 0 Å². The summed E-state index contributed by atoms with van der Waals surface area (Å²) in [5.41, 5.74) is 0. The molecular weight excluding hydrogens is 448 g/mol. The van der Waals surface area contributed by atoms with Crippen molar-refractivity contribution in [3.05, 3.63) is 0 Å². The minimum Gasteiger partial charge on any atom is -0.374 e. The Labute approximate surface area is 197 Å². The third-order valence-electron chi connectivity index (χ3n) is 4.53. The smallest absolute Gasteiger partial charge is 0.374 e. The lowest BCUT2D eigenvalue weighted by Crippen LogP contribution is -2.46. The number of carbonyl (C=O) groups is 1. The molecule has 0 spiro atoms. The molecule has 0 heterocycles. The normalized spacial score (nSPS) is 12.3. The van der Waals surface area contributed by atoms with Crippen LogP contribution in [0.4, 0.5) is 0 Å². The van der Waals surface area contributed by atoms with E-state index in [2.05, 4.69) is 10.6 Å². The van der Waals surface area contributed by atoms with Gasteiger partial charge in [0.05, 0.1) is 0 Å². The highest BCUT2D eigenvalue weighted by molar-refractivity contribution is 6.61. The Kier molecular flexibility index (Phi) is 19.8. The Bertz CT molecular complexity index is 428. The van der Waals surface area contributed by atoms with Gasteiger partial charge in [-0.3, -0.25) is 4.79 Å². The van der Waals surface area contributed by atoms with Crippen LogP contribution in [0.1, 0.15) is 60.8 Å². The first-order chi connectivity index (χ1) is 15.5. The van der Waals surface area contributed by atoms with Crippen molar-refractivity contribution in [1.29, 1.82) is 0 Å². The summed E-state index contributed by atoms with van der Waals surface area (Å²) in [6.07, 6.45) is 2.09. The molecule has 0 aromatic carbocycles. The molecule has 1 amide bonds. The van der Waals surface area contributed by atoms with Gasteiger partial charge in [-0.15, -0.1) is 0 Å². The van der Waals surface area contributed by atoms with Gasteiger partial charge in [0, 0.05) is 71.2 Å². The zero-order valence-corrected chi connectivity index (χ0v) is 23.3. The molecular formula is C21H48N2O7Si2. The van der Waals surface area contributed by atoms with Crippen LogP contribution in [-0.4, -0.2) is 82.8 Å². The van der Waals surface area contributed by atoms with Gasteiger partial charge in [0.25, 0.3) is 0 Å². The Morgan fingerprint density at radius 2 is 0.969 bits per heavy atom. The van der Waals surface area contributed by atoms with E-state index < -0.39 is 17.6 Å². The van der Waals surface area contributed by atoms with E-state index in [1.165, 1.54) is 0 Å². The summed E-state index contributed by atoms with van der Waals surface area (Å²) >= 11 is 0. The van der Waals surface area contributed by atoms with Crippen LogP contribution < -0.4 is 10.6 Å². The monoisotopic (exact) mass is 496 g/mol. The fraction of sp³-hybridized carbons (Fsp3) is 0.952. The van der Waals surface area contributed by atoms with E-state index in [0.717, 1.165) is 25.4 Å². The van der Waals surface area contributed by atoms with Gasteiger partial charge in [0.2, 0.25) is 5.91 Å². The molecule has 0 atom stereocenters. The summed E-state index contributed by atoms with van der Waals surface area (Å²) in [6, 6.07) is 1.47. The highest BCUT2D eigenvalue weighted by atomic mass is 28.4. The maximum absolute atomic E-state index is 12.1. The lowest BCUT2D eigenvalue weighted by Gasteiger charge is -2.28. The number of hydrogen-bond acceptors (Lipinski definition) is 8. The predicted molar refractivity (Wildman–Crippen MR) is 131 cm³/mol. The molecule has 0 aliphatic carbocycles. The molecule has 0 bridgehead atoms. The summed E-state index contributed by atoms with van der Waals surface area (Å²) in [5, 5.41) is 6.29. The summed E-state index contributed by atoms with van der Waals surface area (Å²) in [4.78, 5) is 12.1. The maximum Gasteiger partial charge on any atom is 0.500 e. The number of hydrogen-bond donors (Lipinski definition) is 2. The van der Waals surface area contributed by atoms with Gasteiger partial charge in [0.1, 0.15) is 0 Å². The lowest BCUT2D eigenvalue weighted by molar-refractivity contribution is -0.121. The lowest BCUT2D eigenvalue weighted by atomic mass is 10.3. The fourth-order valence-electron chi connectivity index (χ4n) is 3.38. The molecule has 0 aromatic rings.